The van der Waals surface area contributed by atoms with Crippen molar-refractivity contribution in [2.24, 2.45) is 5.92 Å². The van der Waals surface area contributed by atoms with Gasteiger partial charge in [0.25, 0.3) is 5.91 Å². The first-order valence-corrected chi connectivity index (χ1v) is 5.24. The second kappa shape index (κ2) is 4.35. The van der Waals surface area contributed by atoms with Crippen molar-refractivity contribution in [3.8, 4) is 0 Å². The van der Waals surface area contributed by atoms with Gasteiger partial charge in [0, 0.05) is 37.2 Å². The quantitative estimate of drug-likeness (QED) is 0.826. The number of amides is 1. The van der Waals surface area contributed by atoms with Crippen LogP contribution in [0, 0.1) is 11.9 Å². The highest BCUT2D eigenvalue weighted by Crippen LogP contribution is 2.41. The second-order valence-electron chi connectivity index (χ2n) is 4.21. The van der Waals surface area contributed by atoms with Gasteiger partial charge < -0.3 is 5.32 Å². The van der Waals surface area contributed by atoms with Crippen LogP contribution in [-0.4, -0.2) is 23.4 Å². The molecule has 1 N–H and O–H groups in total. The van der Waals surface area contributed by atoms with Crippen molar-refractivity contribution in [1.29, 1.82) is 0 Å². The van der Waals surface area contributed by atoms with Crippen LogP contribution in [0.1, 0.15) is 23.2 Å². The summed E-state index contributed by atoms with van der Waals surface area (Å²) in [5, 5.41) is 2.50. The largest absolute Gasteiger partial charge is 0.352 e. The Morgan fingerprint density at radius 2 is 2.24 bits per heavy atom. The molecule has 1 heterocycles. The number of hydrogen-bond acceptors (Lipinski definition) is 2. The number of alkyl halides is 2. The highest BCUT2D eigenvalue weighted by Gasteiger charge is 2.44. The van der Waals surface area contributed by atoms with E-state index in [2.05, 4.69) is 10.3 Å². The number of hydrogen-bond donors (Lipinski definition) is 1. The molecule has 1 amide bonds. The highest BCUT2D eigenvalue weighted by molar-refractivity contribution is 5.93. The van der Waals surface area contributed by atoms with E-state index in [0.717, 1.165) is 6.07 Å². The van der Waals surface area contributed by atoms with Crippen LogP contribution in [-0.2, 0) is 0 Å². The van der Waals surface area contributed by atoms with Crippen molar-refractivity contribution < 1.29 is 18.0 Å². The van der Waals surface area contributed by atoms with E-state index < -0.39 is 17.8 Å². The van der Waals surface area contributed by atoms with Gasteiger partial charge in [0.1, 0.15) is 0 Å². The molecule has 2 rings (SSSR count). The molecular weight excluding hydrogens is 233 g/mol. The van der Waals surface area contributed by atoms with Crippen LogP contribution in [0.4, 0.5) is 13.2 Å². The predicted octanol–water partition coefficient (Wildman–Crippen LogP) is 2.00. The zero-order valence-corrected chi connectivity index (χ0v) is 8.92. The Morgan fingerprint density at radius 1 is 1.53 bits per heavy atom. The van der Waals surface area contributed by atoms with E-state index in [9.17, 15) is 18.0 Å². The molecule has 0 unspecified atom stereocenters. The van der Waals surface area contributed by atoms with Crippen LogP contribution >= 0.6 is 0 Å². The van der Waals surface area contributed by atoms with Gasteiger partial charge in [-0.1, -0.05) is 0 Å². The number of aromatic nitrogens is 1. The number of rotatable bonds is 3. The standard InChI is InChI=1S/C11H11F3N2O/c12-9-3-8(1-2-15-9)10(17)16-6-7-4-11(13,14)5-7/h1-3,7H,4-6H2,(H,16,17). The molecule has 17 heavy (non-hydrogen) atoms. The van der Waals surface area contributed by atoms with E-state index in [1.807, 2.05) is 0 Å². The minimum Gasteiger partial charge on any atom is -0.352 e. The Morgan fingerprint density at radius 3 is 2.82 bits per heavy atom. The molecule has 0 bridgehead atoms. The molecule has 1 aromatic rings. The van der Waals surface area contributed by atoms with E-state index in [4.69, 9.17) is 0 Å². The molecule has 1 fully saturated rings. The van der Waals surface area contributed by atoms with Crippen LogP contribution in [0.2, 0.25) is 0 Å². The Balaban J connectivity index is 1.82. The summed E-state index contributed by atoms with van der Waals surface area (Å²) >= 11 is 0. The molecule has 92 valence electrons. The molecule has 1 aliphatic carbocycles. The van der Waals surface area contributed by atoms with E-state index >= 15 is 0 Å². The van der Waals surface area contributed by atoms with E-state index in [-0.39, 0.29) is 30.9 Å². The maximum absolute atomic E-state index is 12.7. The SMILES string of the molecule is O=C(NCC1CC(F)(F)C1)c1ccnc(F)c1. The molecule has 0 aliphatic heterocycles. The first kappa shape index (κ1) is 11.9. The number of nitrogens with one attached hydrogen (secondary N) is 1. The molecule has 0 spiro atoms. The molecule has 3 nitrogen and oxygen atoms in total. The molecule has 0 atom stereocenters. The Hall–Kier alpha value is -1.59. The smallest absolute Gasteiger partial charge is 0.251 e. The van der Waals surface area contributed by atoms with Gasteiger partial charge in [0.15, 0.2) is 0 Å². The third-order valence-corrected chi connectivity index (χ3v) is 2.71. The molecule has 1 aromatic heterocycles. The zero-order valence-electron chi connectivity index (χ0n) is 8.92. The van der Waals surface area contributed by atoms with Gasteiger partial charge in [0.2, 0.25) is 11.9 Å². The van der Waals surface area contributed by atoms with E-state index in [0.29, 0.717) is 0 Å². The van der Waals surface area contributed by atoms with Crippen LogP contribution in [0.25, 0.3) is 0 Å². The molecule has 6 heteroatoms. The van der Waals surface area contributed by atoms with Crippen molar-refractivity contribution in [2.75, 3.05) is 6.54 Å². The summed E-state index contributed by atoms with van der Waals surface area (Å²) in [6.45, 7) is 0.193. The molecule has 1 aliphatic rings. The fourth-order valence-corrected chi connectivity index (χ4v) is 1.81. The Kier molecular flexibility index (Phi) is 3.04. The fourth-order valence-electron chi connectivity index (χ4n) is 1.81. The van der Waals surface area contributed by atoms with Crippen molar-refractivity contribution in [3.05, 3.63) is 29.8 Å². The number of halogens is 3. The summed E-state index contributed by atoms with van der Waals surface area (Å²) in [5.74, 6) is -3.99. The molecule has 0 saturated heterocycles. The number of nitrogens with zero attached hydrogens (tertiary/aromatic N) is 1. The van der Waals surface area contributed by atoms with Crippen molar-refractivity contribution in [2.45, 2.75) is 18.8 Å². The van der Waals surface area contributed by atoms with Gasteiger partial charge in [-0.2, -0.15) is 4.39 Å². The lowest BCUT2D eigenvalue weighted by Crippen LogP contribution is -2.42. The summed E-state index contributed by atoms with van der Waals surface area (Å²) in [5.41, 5.74) is 0.142. The average Bonchev–Trinajstić information content (AvgIpc) is 2.23. The Labute approximate surface area is 96.0 Å². The summed E-state index contributed by atoms with van der Waals surface area (Å²) in [6, 6.07) is 2.37. The van der Waals surface area contributed by atoms with Crippen LogP contribution in [0.15, 0.2) is 18.3 Å². The van der Waals surface area contributed by atoms with Gasteiger partial charge in [-0.3, -0.25) is 4.79 Å². The molecular formula is C11H11F3N2O. The number of pyridine rings is 1. The minimum absolute atomic E-state index is 0.142. The highest BCUT2D eigenvalue weighted by atomic mass is 19.3. The minimum atomic E-state index is -2.59. The maximum atomic E-state index is 12.7. The molecule has 0 aromatic carbocycles. The summed E-state index contributed by atoms with van der Waals surface area (Å²) in [4.78, 5) is 14.8. The number of carbonyl (C=O) groups is 1. The molecule has 1 saturated carbocycles. The van der Waals surface area contributed by atoms with Crippen molar-refractivity contribution in [3.63, 3.8) is 0 Å². The van der Waals surface area contributed by atoms with Gasteiger partial charge in [-0.15, -0.1) is 0 Å². The summed E-state index contributed by atoms with van der Waals surface area (Å²) < 4.78 is 37.8. The third-order valence-electron chi connectivity index (χ3n) is 2.71. The summed E-state index contributed by atoms with van der Waals surface area (Å²) in [7, 11) is 0. The molecule has 0 radical (unpaired) electrons. The zero-order chi connectivity index (χ0) is 12.5. The normalized spacial score (nSPS) is 18.5. The lowest BCUT2D eigenvalue weighted by molar-refractivity contribution is -0.108. The lowest BCUT2D eigenvalue weighted by atomic mass is 9.81. The predicted molar refractivity (Wildman–Crippen MR) is 54.2 cm³/mol. The second-order valence-corrected chi connectivity index (χ2v) is 4.21. The van der Waals surface area contributed by atoms with Crippen LogP contribution in [0.5, 0.6) is 0 Å². The first-order chi connectivity index (χ1) is 7.96. The van der Waals surface area contributed by atoms with Gasteiger partial charge in [-0.25, -0.2) is 13.8 Å². The Bertz CT molecular complexity index is 428. The van der Waals surface area contributed by atoms with Crippen LogP contribution in [0.3, 0.4) is 0 Å². The third kappa shape index (κ3) is 2.95. The summed E-state index contributed by atoms with van der Waals surface area (Å²) in [6.07, 6.45) is 0.789. The first-order valence-electron chi connectivity index (χ1n) is 5.24. The topological polar surface area (TPSA) is 42.0 Å². The van der Waals surface area contributed by atoms with Crippen molar-refractivity contribution >= 4 is 5.91 Å². The number of carbonyl (C=O) groups excluding carboxylic acids is 1. The monoisotopic (exact) mass is 244 g/mol. The van der Waals surface area contributed by atoms with Gasteiger partial charge in [0.05, 0.1) is 0 Å². The van der Waals surface area contributed by atoms with E-state index in [1.54, 1.807) is 0 Å². The van der Waals surface area contributed by atoms with Gasteiger partial charge >= 0.3 is 0 Å². The van der Waals surface area contributed by atoms with Gasteiger partial charge in [-0.05, 0) is 12.0 Å². The average molecular weight is 244 g/mol. The van der Waals surface area contributed by atoms with Crippen LogP contribution < -0.4 is 5.32 Å². The van der Waals surface area contributed by atoms with Crippen molar-refractivity contribution in [1.82, 2.24) is 10.3 Å². The lowest BCUT2D eigenvalue weighted by Gasteiger charge is -2.34. The van der Waals surface area contributed by atoms with E-state index in [1.165, 1.54) is 12.3 Å². The fraction of sp³-hybridized carbons (Fsp3) is 0.455. The maximum Gasteiger partial charge on any atom is 0.251 e.